The van der Waals surface area contributed by atoms with Crippen LogP contribution in [0.5, 0.6) is 5.75 Å². The summed E-state index contributed by atoms with van der Waals surface area (Å²) in [5.41, 5.74) is 1.57. The molecule has 0 spiro atoms. The number of rotatable bonds is 5. The van der Waals surface area contributed by atoms with E-state index in [9.17, 15) is 17.6 Å². The van der Waals surface area contributed by atoms with E-state index in [-0.39, 0.29) is 40.7 Å². The normalized spacial score (nSPS) is 22.8. The lowest BCUT2D eigenvalue weighted by atomic mass is 9.85. The molecule has 0 saturated heterocycles. The van der Waals surface area contributed by atoms with E-state index in [2.05, 4.69) is 10.6 Å². The van der Waals surface area contributed by atoms with Gasteiger partial charge in [0.1, 0.15) is 5.75 Å². The van der Waals surface area contributed by atoms with Gasteiger partial charge in [0.05, 0.1) is 39.1 Å². The summed E-state index contributed by atoms with van der Waals surface area (Å²) in [4.78, 5) is 1.97. The Balaban J connectivity index is 1.64. The molecule has 4 nitrogen and oxygen atoms in total. The zero-order valence-corrected chi connectivity index (χ0v) is 19.7. The van der Waals surface area contributed by atoms with Crippen LogP contribution in [0.4, 0.5) is 34.6 Å². The molecular weight excluding hydrogens is 481 g/mol. The number of benzene rings is 2. The topological polar surface area (TPSA) is 36.5 Å². The zero-order valence-electron chi connectivity index (χ0n) is 18.1. The third-order valence-corrected chi connectivity index (χ3v) is 6.67. The first-order valence-corrected chi connectivity index (χ1v) is 11.6. The Morgan fingerprint density at radius 2 is 1.73 bits per heavy atom. The second-order valence-electron chi connectivity index (χ2n) is 8.71. The average molecular weight is 506 g/mol. The summed E-state index contributed by atoms with van der Waals surface area (Å²) in [6.07, 6.45) is -4.02. The number of hydrogen-bond acceptors (Lipinski definition) is 4. The summed E-state index contributed by atoms with van der Waals surface area (Å²) in [7, 11) is 0. The number of anilines is 3. The van der Waals surface area contributed by atoms with Crippen molar-refractivity contribution >= 4 is 40.3 Å². The maximum absolute atomic E-state index is 14.7. The van der Waals surface area contributed by atoms with E-state index in [1.54, 1.807) is 0 Å². The lowest BCUT2D eigenvalue weighted by Crippen LogP contribution is -2.50. The molecule has 0 amide bonds. The fourth-order valence-corrected chi connectivity index (χ4v) is 4.91. The Hall–Kier alpha value is -2.06. The van der Waals surface area contributed by atoms with Gasteiger partial charge in [0.25, 0.3) is 0 Å². The van der Waals surface area contributed by atoms with Crippen LogP contribution >= 0.6 is 23.2 Å². The van der Waals surface area contributed by atoms with E-state index in [4.69, 9.17) is 27.9 Å². The van der Waals surface area contributed by atoms with Gasteiger partial charge in [-0.1, -0.05) is 23.2 Å². The Kier molecular flexibility index (Phi) is 6.78. The fraction of sp³-hybridized carbons (Fsp3) is 0.478. The molecule has 2 aliphatic rings. The van der Waals surface area contributed by atoms with Gasteiger partial charge in [-0.15, -0.1) is 0 Å². The van der Waals surface area contributed by atoms with Crippen LogP contribution in [0, 0.1) is 11.7 Å². The smallest absolute Gasteiger partial charge is 0.391 e. The van der Waals surface area contributed by atoms with Crippen molar-refractivity contribution < 1.29 is 22.3 Å². The third kappa shape index (κ3) is 5.06. The van der Waals surface area contributed by atoms with Crippen LogP contribution in [0.2, 0.25) is 10.0 Å². The Morgan fingerprint density at radius 3 is 2.36 bits per heavy atom. The number of halogens is 6. The minimum absolute atomic E-state index is 0.0218. The monoisotopic (exact) mass is 505 g/mol. The minimum atomic E-state index is -4.19. The molecule has 2 aromatic carbocycles. The number of alkyl halides is 3. The van der Waals surface area contributed by atoms with Gasteiger partial charge in [-0.3, -0.25) is 0 Å². The lowest BCUT2D eigenvalue weighted by molar-refractivity contribution is -0.182. The molecule has 2 N–H and O–H groups in total. The maximum atomic E-state index is 14.7. The molecule has 1 heterocycles. The molecular formula is C23H25Cl2F4N3O. The molecule has 0 aromatic heterocycles. The predicted molar refractivity (Wildman–Crippen MR) is 124 cm³/mol. The van der Waals surface area contributed by atoms with Crippen LogP contribution in [-0.2, 0) is 0 Å². The second kappa shape index (κ2) is 9.29. The number of nitrogens with zero attached hydrogens (tertiary/aromatic N) is 1. The Labute approximate surface area is 200 Å². The van der Waals surface area contributed by atoms with E-state index in [1.807, 2.05) is 36.9 Å². The van der Waals surface area contributed by atoms with Gasteiger partial charge in [-0.05, 0) is 63.8 Å². The molecule has 1 unspecified atom stereocenters. The van der Waals surface area contributed by atoms with Gasteiger partial charge in [0.2, 0.25) is 0 Å². The summed E-state index contributed by atoms with van der Waals surface area (Å²) < 4.78 is 60.1. The molecule has 1 saturated carbocycles. The molecule has 0 bridgehead atoms. The first-order valence-electron chi connectivity index (χ1n) is 10.9. The molecule has 1 atom stereocenters. The number of nitrogens with one attached hydrogen (secondary N) is 2. The molecule has 1 aliphatic heterocycles. The first-order chi connectivity index (χ1) is 15.5. The predicted octanol–water partition coefficient (Wildman–Crippen LogP) is 7.67. The van der Waals surface area contributed by atoms with Crippen molar-refractivity contribution in [3.05, 3.63) is 46.2 Å². The van der Waals surface area contributed by atoms with Gasteiger partial charge in [0, 0.05) is 12.1 Å². The molecule has 2 aromatic rings. The van der Waals surface area contributed by atoms with Gasteiger partial charge >= 0.3 is 6.18 Å². The number of fused-ring (bicyclic) bond motifs is 1. The van der Waals surface area contributed by atoms with Crippen LogP contribution in [0.1, 0.15) is 39.5 Å². The van der Waals surface area contributed by atoms with Crippen LogP contribution < -0.4 is 20.3 Å². The second-order valence-corrected chi connectivity index (χ2v) is 9.52. The summed E-state index contributed by atoms with van der Waals surface area (Å²) >= 11 is 12.2. The van der Waals surface area contributed by atoms with Gasteiger partial charge in [-0.2, -0.15) is 13.2 Å². The van der Waals surface area contributed by atoms with E-state index < -0.39 is 24.2 Å². The quantitative estimate of drug-likeness (QED) is 0.322. The summed E-state index contributed by atoms with van der Waals surface area (Å²) in [5.74, 6) is -1.33. The molecule has 1 aliphatic carbocycles. The SMILES string of the molecule is CC(C)Oc1ccc2c(c1)NC(Nc1c(Cl)ccc(Cl)c1F)N2C1CCC(C(F)(F)F)CC1. The maximum Gasteiger partial charge on any atom is 0.391 e. The highest BCUT2D eigenvalue weighted by molar-refractivity contribution is 6.35. The van der Waals surface area contributed by atoms with Crippen molar-refractivity contribution in [2.24, 2.45) is 5.92 Å². The number of ether oxygens (including phenoxy) is 1. The van der Waals surface area contributed by atoms with Gasteiger partial charge in [-0.25, -0.2) is 4.39 Å². The highest BCUT2D eigenvalue weighted by Gasteiger charge is 2.44. The molecule has 33 heavy (non-hydrogen) atoms. The van der Waals surface area contributed by atoms with Crippen LogP contribution in [0.3, 0.4) is 0 Å². The minimum Gasteiger partial charge on any atom is -0.491 e. The van der Waals surface area contributed by atoms with Gasteiger partial charge in [0.15, 0.2) is 12.1 Å². The molecule has 1 fully saturated rings. The Bertz CT molecular complexity index is 1010. The van der Waals surface area contributed by atoms with Crippen molar-refractivity contribution in [2.45, 2.75) is 64.1 Å². The molecule has 180 valence electrons. The summed E-state index contributed by atoms with van der Waals surface area (Å²) in [6.45, 7) is 3.83. The van der Waals surface area contributed by atoms with Crippen molar-refractivity contribution in [2.75, 3.05) is 15.5 Å². The van der Waals surface area contributed by atoms with E-state index in [0.717, 1.165) is 11.4 Å². The highest BCUT2D eigenvalue weighted by Crippen LogP contribution is 2.45. The Morgan fingerprint density at radius 1 is 1.06 bits per heavy atom. The largest absolute Gasteiger partial charge is 0.491 e. The van der Waals surface area contributed by atoms with E-state index in [1.165, 1.54) is 12.1 Å². The van der Waals surface area contributed by atoms with E-state index >= 15 is 0 Å². The van der Waals surface area contributed by atoms with Crippen LogP contribution in [-0.4, -0.2) is 24.6 Å². The summed E-state index contributed by atoms with van der Waals surface area (Å²) in [5, 5.41) is 6.45. The van der Waals surface area contributed by atoms with Crippen molar-refractivity contribution in [3.8, 4) is 5.75 Å². The molecule has 4 rings (SSSR count). The lowest BCUT2D eigenvalue weighted by Gasteiger charge is -2.40. The molecule has 0 radical (unpaired) electrons. The van der Waals surface area contributed by atoms with Crippen LogP contribution in [0.15, 0.2) is 30.3 Å². The van der Waals surface area contributed by atoms with Gasteiger partial charge < -0.3 is 20.3 Å². The van der Waals surface area contributed by atoms with Crippen LogP contribution in [0.25, 0.3) is 0 Å². The average Bonchev–Trinajstić information content (AvgIpc) is 3.10. The summed E-state index contributed by atoms with van der Waals surface area (Å²) in [6, 6.07) is 8.21. The third-order valence-electron chi connectivity index (χ3n) is 6.07. The highest BCUT2D eigenvalue weighted by atomic mass is 35.5. The first kappa shape index (κ1) is 24.1. The molecule has 10 heteroatoms. The van der Waals surface area contributed by atoms with E-state index in [0.29, 0.717) is 18.6 Å². The van der Waals surface area contributed by atoms with Crippen molar-refractivity contribution in [1.29, 1.82) is 0 Å². The number of hydrogen-bond donors (Lipinski definition) is 2. The van der Waals surface area contributed by atoms with Crippen molar-refractivity contribution in [1.82, 2.24) is 0 Å². The fourth-order valence-electron chi connectivity index (χ4n) is 4.55. The zero-order chi connectivity index (χ0) is 23.9. The van der Waals surface area contributed by atoms with Crippen molar-refractivity contribution in [3.63, 3.8) is 0 Å². The standard InChI is InChI=1S/C23H25Cl2F4N3O/c1-12(2)33-15-7-10-19-18(11-15)30-22(31-21-17(25)9-8-16(24)20(21)26)32(19)14-5-3-13(4-6-14)23(27,28)29/h7-14,22,30-31H,3-6H2,1-2H3.